The van der Waals surface area contributed by atoms with Gasteiger partial charge in [0.15, 0.2) is 17.7 Å². The monoisotopic (exact) mass is 898 g/mol. The Morgan fingerprint density at radius 3 is 2.37 bits per heavy atom. The first-order chi connectivity index (χ1) is 29.2. The Hall–Kier alpha value is -3.40. The summed E-state index contributed by atoms with van der Waals surface area (Å²) in [6.07, 6.45) is 1.61. The van der Waals surface area contributed by atoms with E-state index in [4.69, 9.17) is 23.7 Å². The van der Waals surface area contributed by atoms with E-state index >= 15 is 4.39 Å². The minimum atomic E-state index is -3.13. The zero-order chi connectivity index (χ0) is 46.2. The summed E-state index contributed by atoms with van der Waals surface area (Å²) in [7, 11) is 5.20. The number of carbonyl (C=O) groups is 3. The number of unbranched alkanes of at least 4 members (excludes halogenated alkanes) is 1. The van der Waals surface area contributed by atoms with Crippen molar-refractivity contribution < 1.29 is 51.5 Å². The van der Waals surface area contributed by atoms with Gasteiger partial charge in [-0.2, -0.15) is 8.98 Å². The van der Waals surface area contributed by atoms with Gasteiger partial charge in [0.05, 0.1) is 30.0 Å². The average molecular weight is 899 g/mol. The Bertz CT molecular complexity index is 1770. The number of aliphatic hydroxyl groups is 1. The highest BCUT2D eigenvalue weighted by Crippen LogP contribution is 2.41. The lowest BCUT2D eigenvalue weighted by Gasteiger charge is -2.47. The van der Waals surface area contributed by atoms with Crippen LogP contribution in [0.3, 0.4) is 0 Å². The molecule has 2 aromatic rings. The molecule has 62 heavy (non-hydrogen) atoms. The van der Waals surface area contributed by atoms with E-state index in [0.717, 1.165) is 6.92 Å². The smallest absolute Gasteiger partial charge is 0.410 e. The van der Waals surface area contributed by atoms with E-state index in [1.807, 2.05) is 39.8 Å². The van der Waals surface area contributed by atoms with Crippen molar-refractivity contribution in [2.75, 3.05) is 40.6 Å². The van der Waals surface area contributed by atoms with Gasteiger partial charge in [-0.3, -0.25) is 14.4 Å². The number of halogens is 2. The number of Topliss-reactive ketones (excluding diaryl/α,β-unsaturated/α-hetero) is 1. The number of aromatic nitrogens is 5. The molecule has 0 aliphatic carbocycles. The maximum atomic E-state index is 16.9. The Labute approximate surface area is 368 Å². The average Bonchev–Trinajstić information content (AvgIpc) is 3.81. The maximum absolute atomic E-state index is 16.9. The third-order valence-corrected chi connectivity index (χ3v) is 12.5. The number of ketones is 1. The summed E-state index contributed by atoms with van der Waals surface area (Å²) in [5, 5.41) is 31.4. The lowest BCUT2D eigenvalue weighted by molar-refractivity contribution is -0.295. The summed E-state index contributed by atoms with van der Waals surface area (Å²) in [5.74, 6) is -3.86. The van der Waals surface area contributed by atoms with Gasteiger partial charge in [-0.25, -0.2) is 14.0 Å². The first-order valence-electron chi connectivity index (χ1n) is 21.4. The number of rotatable bonds is 11. The first-order valence-corrected chi connectivity index (χ1v) is 22.5. The lowest BCUT2D eigenvalue weighted by Crippen LogP contribution is -2.61. The molecule has 2 N–H and O–H groups in total. The fraction of sp³-hybridized carbons (Fsp3) is 0.786. The van der Waals surface area contributed by atoms with E-state index < -0.39 is 77.3 Å². The van der Waals surface area contributed by atoms with Gasteiger partial charge in [-0.1, -0.05) is 26.0 Å². The molecule has 17 nitrogen and oxygen atoms in total. The van der Waals surface area contributed by atoms with Crippen LogP contribution in [0.2, 0.25) is 0 Å². The van der Waals surface area contributed by atoms with Crippen molar-refractivity contribution in [2.24, 2.45) is 11.8 Å². The number of alkyl halides is 1. The molecule has 0 radical (unpaired) electrons. The summed E-state index contributed by atoms with van der Waals surface area (Å²) < 4.78 is 59.7. The number of aryl methyl sites for hydroxylation is 1. The van der Waals surface area contributed by atoms with Gasteiger partial charge < -0.3 is 39.0 Å². The molecule has 1 amide bonds. The highest BCUT2D eigenvalue weighted by atomic mass is 32.2. The van der Waals surface area contributed by atoms with Crippen LogP contribution in [-0.2, 0) is 39.8 Å². The minimum absolute atomic E-state index is 0.115. The van der Waals surface area contributed by atoms with Gasteiger partial charge in [-0.15, -0.1) is 10.2 Å². The standard InChI is InChI=1S/C41H65FN8O9.CH3FS/c1-12-31-41(8)33(50(38(54)59-41)19-14-13-18-49-23-29(46-47-49)28-16-15-17-44-45-28)27(5)43-22-24(2)21-39(6,55-11)35(26(4)34(52)40(7,42)37(53)57-31)58-36-32(51)30(48(9)10)20-25(3)56-36;1-3-2/h15-17,23-27,30-33,35-36,43,51H,12-14,18-22H2,1-11H3;1H3/t24-,25?,26+,27-,30?,31-,32?,33-,35-,36+,39-,40?,41-;/m1./s1. The zero-order valence-electron chi connectivity index (χ0n) is 38.2. The van der Waals surface area contributed by atoms with Crippen LogP contribution in [-0.4, -0.2) is 164 Å². The lowest BCUT2D eigenvalue weighted by atomic mass is 9.78. The van der Waals surface area contributed by atoms with Gasteiger partial charge in [0.2, 0.25) is 0 Å². The van der Waals surface area contributed by atoms with Crippen molar-refractivity contribution >= 4 is 30.0 Å². The molecular formula is C42H68F2N8O9S. The van der Waals surface area contributed by atoms with Crippen molar-refractivity contribution in [3.8, 4) is 11.4 Å². The number of hydrogen-bond acceptors (Lipinski definition) is 16. The number of carbonyl (C=O) groups excluding carboxylic acids is 3. The van der Waals surface area contributed by atoms with Crippen molar-refractivity contribution in [3.63, 3.8) is 0 Å². The van der Waals surface area contributed by atoms with Gasteiger partial charge >= 0.3 is 12.1 Å². The normalized spacial score (nSPS) is 36.2. The van der Waals surface area contributed by atoms with Gasteiger partial charge in [0, 0.05) is 62.8 Å². The van der Waals surface area contributed by atoms with Crippen LogP contribution in [0.5, 0.6) is 0 Å². The number of fused-ring (bicyclic) bond motifs is 1. The number of likely N-dealkylation sites (N-methyl/N-ethyl adjacent to an activating group) is 1. The predicted molar refractivity (Wildman–Crippen MR) is 228 cm³/mol. The number of hydrogen-bond donors (Lipinski definition) is 2. The minimum Gasteiger partial charge on any atom is -0.455 e. The van der Waals surface area contributed by atoms with Crippen molar-refractivity contribution in [2.45, 2.75) is 160 Å². The van der Waals surface area contributed by atoms with E-state index in [9.17, 15) is 23.4 Å². The molecule has 350 valence electrons. The topological polar surface area (TPSA) is 193 Å². The van der Waals surface area contributed by atoms with E-state index in [-0.39, 0.29) is 36.6 Å². The summed E-state index contributed by atoms with van der Waals surface area (Å²) in [4.78, 5) is 45.6. The molecule has 3 fully saturated rings. The maximum Gasteiger partial charge on any atom is 0.410 e. The number of aliphatic hydroxyl groups excluding tert-OH is 1. The van der Waals surface area contributed by atoms with Crippen LogP contribution in [0.1, 0.15) is 87.5 Å². The number of esters is 1. The van der Waals surface area contributed by atoms with Gasteiger partial charge in [0.1, 0.15) is 23.6 Å². The predicted octanol–water partition coefficient (Wildman–Crippen LogP) is 4.82. The molecule has 5 heterocycles. The van der Waals surface area contributed by atoms with Crippen molar-refractivity contribution in [3.05, 3.63) is 24.5 Å². The number of nitrogens with zero attached hydrogens (tertiary/aromatic N) is 7. The fourth-order valence-corrected chi connectivity index (χ4v) is 9.18. The summed E-state index contributed by atoms with van der Waals surface area (Å²) in [6.45, 7) is 14.7. The van der Waals surface area contributed by atoms with E-state index in [1.54, 1.807) is 54.9 Å². The number of ether oxygens (including phenoxy) is 5. The zero-order valence-corrected chi connectivity index (χ0v) is 39.1. The summed E-state index contributed by atoms with van der Waals surface area (Å²) in [5.41, 5.74) is -4.57. The molecule has 0 spiro atoms. The number of methoxy groups -OCH3 is 1. The molecule has 0 bridgehead atoms. The fourth-order valence-electron chi connectivity index (χ4n) is 9.18. The third-order valence-electron chi connectivity index (χ3n) is 12.5. The largest absolute Gasteiger partial charge is 0.455 e. The van der Waals surface area contributed by atoms with Crippen LogP contribution in [0.15, 0.2) is 24.5 Å². The van der Waals surface area contributed by atoms with E-state index in [0.29, 0.717) is 56.7 Å². The molecule has 2 aromatic heterocycles. The Morgan fingerprint density at radius 2 is 1.76 bits per heavy atom. The van der Waals surface area contributed by atoms with Gasteiger partial charge in [0.25, 0.3) is 5.67 Å². The molecule has 4 unspecified atom stereocenters. The molecule has 20 heteroatoms. The van der Waals surface area contributed by atoms with Crippen molar-refractivity contribution in [1.29, 1.82) is 0 Å². The van der Waals surface area contributed by atoms with Crippen LogP contribution in [0, 0.1) is 11.8 Å². The molecule has 3 aliphatic heterocycles. The Kier molecular flexibility index (Phi) is 18.2. The summed E-state index contributed by atoms with van der Waals surface area (Å²) in [6, 6.07) is 2.22. The van der Waals surface area contributed by atoms with Crippen molar-refractivity contribution in [1.82, 2.24) is 40.3 Å². The SMILES string of the molecule is CC[C@H]1OC(=O)C(C)(F)C(=O)[C@H](C)[C@@H](O[C@@H]2OC(C)CC(N(C)C)C2O)[C@](C)(OC)C[C@@H](C)CN[C@H](C)[C@H]2N(CCCCn3cc(-c4cccnn4)nn3)C(=O)O[C@]12C.CSF. The Balaban J connectivity index is 0.00000273. The second-order valence-corrected chi connectivity index (χ2v) is 17.9. The highest BCUT2D eigenvalue weighted by molar-refractivity contribution is 7.93. The second-order valence-electron chi connectivity index (χ2n) is 17.6. The van der Waals surface area contributed by atoms with Crippen LogP contribution < -0.4 is 5.32 Å². The van der Waals surface area contributed by atoms with E-state index in [2.05, 4.69) is 25.8 Å². The molecule has 5 rings (SSSR count). The molecule has 3 saturated heterocycles. The first kappa shape index (κ1) is 51.2. The number of amides is 1. The molecule has 0 aromatic carbocycles. The van der Waals surface area contributed by atoms with Crippen LogP contribution in [0.25, 0.3) is 11.4 Å². The highest BCUT2D eigenvalue weighted by Gasteiger charge is 2.60. The van der Waals surface area contributed by atoms with Crippen LogP contribution >= 0.6 is 12.1 Å². The molecular weight excluding hydrogens is 831 g/mol. The Morgan fingerprint density at radius 1 is 1.08 bits per heavy atom. The van der Waals surface area contributed by atoms with Gasteiger partial charge in [-0.05, 0) is 105 Å². The quantitative estimate of drug-likeness (QED) is 0.177. The number of cyclic esters (lactones) is 1. The third kappa shape index (κ3) is 11.6. The number of nitrogens with one attached hydrogen (secondary N) is 1. The second kappa shape index (κ2) is 22.0. The summed E-state index contributed by atoms with van der Waals surface area (Å²) >= 11 is 0.250. The molecule has 0 saturated carbocycles. The van der Waals surface area contributed by atoms with Crippen LogP contribution in [0.4, 0.5) is 13.1 Å². The van der Waals surface area contributed by atoms with E-state index in [1.165, 1.54) is 20.3 Å². The molecule has 3 aliphatic rings. The molecule has 13 atom stereocenters.